The van der Waals surface area contributed by atoms with Crippen molar-refractivity contribution < 1.29 is 14.3 Å². The van der Waals surface area contributed by atoms with Crippen LogP contribution in [0.2, 0.25) is 10.0 Å². The highest BCUT2D eigenvalue weighted by Crippen LogP contribution is 2.31. The lowest BCUT2D eigenvalue weighted by Crippen LogP contribution is -2.53. The summed E-state index contributed by atoms with van der Waals surface area (Å²) in [5.41, 5.74) is 2.56. The molecule has 3 aromatic carbocycles. The number of amides is 2. The zero-order valence-corrected chi connectivity index (χ0v) is 24.9. The monoisotopic (exact) mass is 568 g/mol. The van der Waals surface area contributed by atoms with Gasteiger partial charge in [-0.3, -0.25) is 9.59 Å². The number of benzene rings is 3. The number of nitrogens with zero attached hydrogens (tertiary/aromatic N) is 1. The molecule has 0 aromatic heterocycles. The van der Waals surface area contributed by atoms with E-state index in [1.165, 1.54) is 0 Å². The average molecular weight is 570 g/mol. The maximum Gasteiger partial charge on any atom is 0.261 e. The van der Waals surface area contributed by atoms with Crippen LogP contribution in [-0.2, 0) is 28.0 Å². The summed E-state index contributed by atoms with van der Waals surface area (Å²) in [6.45, 7) is 10.2. The van der Waals surface area contributed by atoms with Crippen molar-refractivity contribution in [2.24, 2.45) is 0 Å². The van der Waals surface area contributed by atoms with Crippen molar-refractivity contribution in [3.8, 4) is 5.75 Å². The van der Waals surface area contributed by atoms with E-state index >= 15 is 0 Å². The molecule has 3 rings (SSSR count). The Morgan fingerprint density at radius 1 is 0.923 bits per heavy atom. The third-order valence-electron chi connectivity index (χ3n) is 6.66. The third kappa shape index (κ3) is 8.74. The van der Waals surface area contributed by atoms with E-state index in [1.54, 1.807) is 17.0 Å². The normalized spacial score (nSPS) is 12.9. The molecule has 2 atom stereocenters. The molecule has 0 unspecified atom stereocenters. The molecule has 0 aliphatic heterocycles. The molecule has 5 nitrogen and oxygen atoms in total. The Morgan fingerprint density at radius 2 is 1.59 bits per heavy atom. The molecule has 208 valence electrons. The maximum absolute atomic E-state index is 13.9. The minimum absolute atomic E-state index is 0.0346. The highest BCUT2D eigenvalue weighted by Gasteiger charge is 2.31. The van der Waals surface area contributed by atoms with Crippen LogP contribution in [-0.4, -0.2) is 35.4 Å². The fourth-order valence-corrected chi connectivity index (χ4v) is 4.58. The first-order valence-electron chi connectivity index (χ1n) is 13.3. The minimum atomic E-state index is -0.759. The average Bonchev–Trinajstić information content (AvgIpc) is 2.91. The number of hydrogen-bond acceptors (Lipinski definition) is 3. The van der Waals surface area contributed by atoms with Gasteiger partial charge in [-0.15, -0.1) is 0 Å². The van der Waals surface area contributed by atoms with Crippen molar-refractivity contribution in [1.82, 2.24) is 10.2 Å². The van der Waals surface area contributed by atoms with Gasteiger partial charge in [-0.25, -0.2) is 0 Å². The summed E-state index contributed by atoms with van der Waals surface area (Å²) in [6, 6.07) is 21.9. The van der Waals surface area contributed by atoms with E-state index in [0.717, 1.165) is 23.1 Å². The maximum atomic E-state index is 13.9. The molecule has 0 aliphatic rings. The second-order valence-electron chi connectivity index (χ2n) is 10.8. The first kappa shape index (κ1) is 30.5. The quantitative estimate of drug-likeness (QED) is 0.265. The zero-order valence-electron chi connectivity index (χ0n) is 23.3. The molecule has 3 aromatic rings. The number of halogens is 2. The largest absolute Gasteiger partial charge is 0.483 e. The van der Waals surface area contributed by atoms with Gasteiger partial charge in [0.05, 0.1) is 10.0 Å². The topological polar surface area (TPSA) is 58.6 Å². The minimum Gasteiger partial charge on any atom is -0.483 e. The van der Waals surface area contributed by atoms with Gasteiger partial charge in [-0.05, 0) is 53.6 Å². The van der Waals surface area contributed by atoms with E-state index in [0.29, 0.717) is 22.2 Å². The summed E-state index contributed by atoms with van der Waals surface area (Å²) >= 11 is 12.4. The summed E-state index contributed by atoms with van der Waals surface area (Å²) in [5.74, 6) is 0.137. The Hall–Kier alpha value is -3.02. The predicted molar refractivity (Wildman–Crippen MR) is 159 cm³/mol. The van der Waals surface area contributed by atoms with Gasteiger partial charge in [0.1, 0.15) is 11.8 Å². The molecule has 1 N–H and O–H groups in total. The molecular weight excluding hydrogens is 531 g/mol. The Labute approximate surface area is 242 Å². The molecule has 0 aliphatic carbocycles. The van der Waals surface area contributed by atoms with Gasteiger partial charge in [-0.2, -0.15) is 0 Å². The van der Waals surface area contributed by atoms with Gasteiger partial charge in [0.25, 0.3) is 5.91 Å². The molecular formula is C32H38Cl2N2O3. The third-order valence-corrected chi connectivity index (χ3v) is 7.39. The number of nitrogens with one attached hydrogen (secondary N) is 1. The lowest BCUT2D eigenvalue weighted by atomic mass is 9.86. The number of hydrogen-bond donors (Lipinski definition) is 1. The van der Waals surface area contributed by atoms with E-state index in [2.05, 4.69) is 26.1 Å². The number of para-hydroxylation sites is 1. The van der Waals surface area contributed by atoms with Gasteiger partial charge < -0.3 is 15.0 Å². The summed E-state index contributed by atoms with van der Waals surface area (Å²) in [5, 5.41) is 3.89. The lowest BCUT2D eigenvalue weighted by Gasteiger charge is -2.32. The van der Waals surface area contributed by atoms with Crippen LogP contribution in [0.5, 0.6) is 5.75 Å². The van der Waals surface area contributed by atoms with Gasteiger partial charge >= 0.3 is 0 Å². The number of carbonyl (C=O) groups excluding carboxylic acids is 2. The summed E-state index contributed by atoms with van der Waals surface area (Å²) < 4.78 is 6.10. The molecule has 0 bridgehead atoms. The fraction of sp³-hybridized carbons (Fsp3) is 0.375. The molecule has 0 saturated carbocycles. The SMILES string of the molecule is CC[C@H](C)NC(=O)[C@H](Cc1ccccc1)N(Cc1ccc(Cl)c(Cl)c1)C(=O)COc1ccccc1C(C)(C)C. The standard InChI is InChI=1S/C32H38Cl2N2O3/c1-6-22(2)35-31(38)28(19-23-12-8-7-9-13-23)36(20-24-16-17-26(33)27(34)18-24)30(37)21-39-29-15-11-10-14-25(29)32(3,4)5/h7-18,22,28H,6,19-21H2,1-5H3,(H,35,38)/t22-,28-/m0/s1. The molecule has 0 saturated heterocycles. The second kappa shape index (κ2) is 13.9. The van der Waals surface area contributed by atoms with Crippen molar-refractivity contribution >= 4 is 35.0 Å². The molecule has 0 spiro atoms. The highest BCUT2D eigenvalue weighted by atomic mass is 35.5. The van der Waals surface area contributed by atoms with Gasteiger partial charge in [0.15, 0.2) is 6.61 Å². The Balaban J connectivity index is 1.97. The molecule has 7 heteroatoms. The van der Waals surface area contributed by atoms with E-state index in [1.807, 2.05) is 74.5 Å². The van der Waals surface area contributed by atoms with Crippen LogP contribution in [0.4, 0.5) is 0 Å². The Morgan fingerprint density at radius 3 is 2.23 bits per heavy atom. The van der Waals surface area contributed by atoms with E-state index in [-0.39, 0.29) is 36.4 Å². The van der Waals surface area contributed by atoms with Crippen LogP contribution in [0, 0.1) is 0 Å². The number of ether oxygens (including phenoxy) is 1. The van der Waals surface area contributed by atoms with Crippen molar-refractivity contribution in [2.45, 2.75) is 71.5 Å². The summed E-state index contributed by atoms with van der Waals surface area (Å²) in [6.07, 6.45) is 1.13. The fourth-order valence-electron chi connectivity index (χ4n) is 4.26. The molecule has 39 heavy (non-hydrogen) atoms. The number of rotatable bonds is 11. The molecule has 2 amide bonds. The number of carbonyl (C=O) groups is 2. The predicted octanol–water partition coefficient (Wildman–Crippen LogP) is 7.22. The van der Waals surface area contributed by atoms with E-state index in [9.17, 15) is 9.59 Å². The van der Waals surface area contributed by atoms with Crippen LogP contribution < -0.4 is 10.1 Å². The molecule has 0 heterocycles. The van der Waals surface area contributed by atoms with Crippen molar-refractivity contribution in [1.29, 1.82) is 0 Å². The van der Waals surface area contributed by atoms with Crippen LogP contribution in [0.15, 0.2) is 72.8 Å². The van der Waals surface area contributed by atoms with Gasteiger partial charge in [0.2, 0.25) is 5.91 Å². The smallest absolute Gasteiger partial charge is 0.261 e. The van der Waals surface area contributed by atoms with Crippen molar-refractivity contribution in [2.75, 3.05) is 6.61 Å². The highest BCUT2D eigenvalue weighted by molar-refractivity contribution is 6.42. The van der Waals surface area contributed by atoms with Crippen molar-refractivity contribution in [3.05, 3.63) is 99.5 Å². The van der Waals surface area contributed by atoms with Crippen LogP contribution in [0.25, 0.3) is 0 Å². The van der Waals surface area contributed by atoms with Crippen LogP contribution >= 0.6 is 23.2 Å². The van der Waals surface area contributed by atoms with Gasteiger partial charge in [-0.1, -0.05) is 105 Å². The van der Waals surface area contributed by atoms with E-state index in [4.69, 9.17) is 27.9 Å². The second-order valence-corrected chi connectivity index (χ2v) is 11.6. The lowest BCUT2D eigenvalue weighted by molar-refractivity contribution is -0.143. The first-order valence-corrected chi connectivity index (χ1v) is 14.0. The Bertz CT molecular complexity index is 1260. The van der Waals surface area contributed by atoms with Crippen LogP contribution in [0.3, 0.4) is 0 Å². The Kier molecular flexibility index (Phi) is 10.8. The first-order chi connectivity index (χ1) is 18.5. The molecule has 0 fully saturated rings. The van der Waals surface area contributed by atoms with E-state index < -0.39 is 6.04 Å². The molecule has 0 radical (unpaired) electrons. The summed E-state index contributed by atoms with van der Waals surface area (Å²) in [7, 11) is 0. The van der Waals surface area contributed by atoms with Crippen molar-refractivity contribution in [3.63, 3.8) is 0 Å². The zero-order chi connectivity index (χ0) is 28.6. The summed E-state index contributed by atoms with van der Waals surface area (Å²) in [4.78, 5) is 29.1. The van der Waals surface area contributed by atoms with Gasteiger partial charge in [0, 0.05) is 19.0 Å². The van der Waals surface area contributed by atoms with Crippen LogP contribution in [0.1, 0.15) is 57.7 Å².